The van der Waals surface area contributed by atoms with Crippen LogP contribution in [0.3, 0.4) is 0 Å². The van der Waals surface area contributed by atoms with E-state index in [9.17, 15) is 9.59 Å². The topological polar surface area (TPSA) is 64.6 Å². The number of nitrogens with one attached hydrogen (secondary N) is 1. The molecule has 0 aromatic rings. The predicted octanol–water partition coefficient (Wildman–Crippen LogP) is 2.35. The van der Waals surface area contributed by atoms with Gasteiger partial charge in [0.15, 0.2) is 0 Å². The number of carbonyl (C=O) groups is 2. The van der Waals surface area contributed by atoms with Crippen molar-refractivity contribution in [2.45, 2.75) is 47.1 Å². The molecule has 0 saturated carbocycles. The number of carbonyl (C=O) groups excluding carboxylic acids is 2. The minimum absolute atomic E-state index is 0.0963. The number of hydrogen-bond acceptors (Lipinski definition) is 4. The smallest absolute Gasteiger partial charge is 0.407 e. The molecule has 0 spiro atoms. The summed E-state index contributed by atoms with van der Waals surface area (Å²) in [5, 5.41) is 2.60. The monoisotopic (exact) mass is 259 g/mol. The van der Waals surface area contributed by atoms with Crippen molar-refractivity contribution in [3.63, 3.8) is 0 Å². The first-order chi connectivity index (χ1) is 8.17. The third-order valence-corrected chi connectivity index (χ3v) is 2.26. The van der Waals surface area contributed by atoms with Crippen LogP contribution in [0.1, 0.15) is 41.5 Å². The molecule has 0 radical (unpaired) electrons. The van der Waals surface area contributed by atoms with Gasteiger partial charge in [0.1, 0.15) is 5.60 Å². The molecule has 0 heterocycles. The Morgan fingerprint density at radius 2 is 1.78 bits per heavy atom. The molecule has 0 aliphatic heterocycles. The zero-order chi connectivity index (χ0) is 14.3. The Hall–Kier alpha value is -1.26. The van der Waals surface area contributed by atoms with E-state index in [4.69, 9.17) is 9.47 Å². The van der Waals surface area contributed by atoms with Gasteiger partial charge in [0.2, 0.25) is 0 Å². The summed E-state index contributed by atoms with van der Waals surface area (Å²) in [5.41, 5.74) is -0.540. The second-order valence-corrected chi connectivity index (χ2v) is 5.49. The highest BCUT2D eigenvalue weighted by Crippen LogP contribution is 2.12. The van der Waals surface area contributed by atoms with Gasteiger partial charge in [0.25, 0.3) is 0 Å². The van der Waals surface area contributed by atoms with E-state index in [1.54, 1.807) is 27.7 Å². The standard InChI is InChI=1S/C13H25NO4/c1-7-17-11(15)10(9(2)3)8-14-12(16)18-13(4,5)6/h9-10H,7-8H2,1-6H3,(H,14,16)/t10-/m1/s1. The highest BCUT2D eigenvalue weighted by molar-refractivity contribution is 5.74. The van der Waals surface area contributed by atoms with E-state index >= 15 is 0 Å². The van der Waals surface area contributed by atoms with Crippen molar-refractivity contribution >= 4 is 12.1 Å². The van der Waals surface area contributed by atoms with Crippen LogP contribution in [0.2, 0.25) is 0 Å². The molecule has 5 nitrogen and oxygen atoms in total. The van der Waals surface area contributed by atoms with Crippen molar-refractivity contribution in [2.24, 2.45) is 11.8 Å². The first-order valence-electron chi connectivity index (χ1n) is 6.30. The Kier molecular flexibility index (Phi) is 6.73. The van der Waals surface area contributed by atoms with Crippen LogP contribution in [0.15, 0.2) is 0 Å². The summed E-state index contributed by atoms with van der Waals surface area (Å²) < 4.78 is 10.1. The van der Waals surface area contributed by atoms with E-state index < -0.39 is 11.7 Å². The molecule has 1 N–H and O–H groups in total. The van der Waals surface area contributed by atoms with Crippen LogP contribution < -0.4 is 5.32 Å². The molecule has 0 saturated heterocycles. The number of rotatable bonds is 5. The molecule has 106 valence electrons. The number of ether oxygens (including phenoxy) is 2. The van der Waals surface area contributed by atoms with Crippen molar-refractivity contribution in [3.05, 3.63) is 0 Å². The van der Waals surface area contributed by atoms with Gasteiger partial charge < -0.3 is 14.8 Å². The highest BCUT2D eigenvalue weighted by atomic mass is 16.6. The minimum Gasteiger partial charge on any atom is -0.466 e. The van der Waals surface area contributed by atoms with E-state index in [1.165, 1.54) is 0 Å². The fraction of sp³-hybridized carbons (Fsp3) is 0.846. The molecule has 5 heteroatoms. The van der Waals surface area contributed by atoms with Crippen molar-refractivity contribution < 1.29 is 19.1 Å². The van der Waals surface area contributed by atoms with Gasteiger partial charge in [-0.25, -0.2) is 4.79 Å². The van der Waals surface area contributed by atoms with Gasteiger partial charge in [-0.15, -0.1) is 0 Å². The minimum atomic E-state index is -0.540. The average molecular weight is 259 g/mol. The molecule has 0 fully saturated rings. The Bertz CT molecular complexity index is 281. The maximum Gasteiger partial charge on any atom is 0.407 e. The quantitative estimate of drug-likeness (QED) is 0.770. The number of hydrogen-bond donors (Lipinski definition) is 1. The summed E-state index contributed by atoms with van der Waals surface area (Å²) in [7, 11) is 0. The lowest BCUT2D eigenvalue weighted by atomic mass is 9.96. The van der Waals surface area contributed by atoms with Crippen LogP contribution in [0.4, 0.5) is 4.79 Å². The number of amides is 1. The van der Waals surface area contributed by atoms with Gasteiger partial charge in [0, 0.05) is 6.54 Å². The number of esters is 1. The van der Waals surface area contributed by atoms with Gasteiger partial charge in [-0.1, -0.05) is 13.8 Å². The first kappa shape index (κ1) is 16.7. The second-order valence-electron chi connectivity index (χ2n) is 5.49. The van der Waals surface area contributed by atoms with Gasteiger partial charge in [0.05, 0.1) is 12.5 Å². The Labute approximate surface area is 109 Å². The zero-order valence-corrected chi connectivity index (χ0v) is 12.2. The van der Waals surface area contributed by atoms with Crippen molar-refractivity contribution in [2.75, 3.05) is 13.2 Å². The lowest BCUT2D eigenvalue weighted by molar-refractivity contribution is -0.149. The van der Waals surface area contributed by atoms with E-state index in [2.05, 4.69) is 5.32 Å². The van der Waals surface area contributed by atoms with Crippen molar-refractivity contribution in [1.29, 1.82) is 0 Å². The molecule has 0 aromatic carbocycles. The average Bonchev–Trinajstić information content (AvgIpc) is 2.14. The summed E-state index contributed by atoms with van der Waals surface area (Å²) in [4.78, 5) is 23.1. The maximum atomic E-state index is 11.7. The molecule has 0 aromatic heterocycles. The molecular formula is C13H25NO4. The SMILES string of the molecule is CCOC(=O)[C@H](CNC(=O)OC(C)(C)C)C(C)C. The second kappa shape index (κ2) is 7.24. The van der Waals surface area contributed by atoms with E-state index in [-0.39, 0.29) is 24.3 Å². The summed E-state index contributed by atoms with van der Waals surface area (Å²) >= 11 is 0. The molecule has 1 atom stereocenters. The third kappa shape index (κ3) is 7.14. The van der Waals surface area contributed by atoms with Crippen LogP contribution in [-0.2, 0) is 14.3 Å². The molecule has 0 unspecified atom stereocenters. The Balaban J connectivity index is 4.28. The van der Waals surface area contributed by atoms with Gasteiger partial charge >= 0.3 is 12.1 Å². The zero-order valence-electron chi connectivity index (χ0n) is 12.2. The molecule has 18 heavy (non-hydrogen) atoms. The summed E-state index contributed by atoms with van der Waals surface area (Å²) in [6.07, 6.45) is -0.516. The molecule has 0 aliphatic rings. The van der Waals surface area contributed by atoms with Crippen molar-refractivity contribution in [1.82, 2.24) is 5.32 Å². The molecule has 0 aliphatic carbocycles. The van der Waals surface area contributed by atoms with Crippen LogP contribution in [0, 0.1) is 11.8 Å². The fourth-order valence-corrected chi connectivity index (χ4v) is 1.35. The first-order valence-corrected chi connectivity index (χ1v) is 6.30. The molecular weight excluding hydrogens is 234 g/mol. The summed E-state index contributed by atoms with van der Waals surface area (Å²) in [5.74, 6) is -0.542. The van der Waals surface area contributed by atoms with E-state index in [1.807, 2.05) is 13.8 Å². The molecule has 0 rings (SSSR count). The lowest BCUT2D eigenvalue weighted by Gasteiger charge is -2.22. The Morgan fingerprint density at radius 1 is 1.22 bits per heavy atom. The predicted molar refractivity (Wildman–Crippen MR) is 69.2 cm³/mol. The third-order valence-electron chi connectivity index (χ3n) is 2.26. The molecule has 0 bridgehead atoms. The maximum absolute atomic E-state index is 11.7. The van der Waals surface area contributed by atoms with Crippen molar-refractivity contribution in [3.8, 4) is 0 Å². The largest absolute Gasteiger partial charge is 0.466 e. The van der Waals surface area contributed by atoms with Crippen LogP contribution >= 0.6 is 0 Å². The normalized spacial score (nSPS) is 13.1. The fourth-order valence-electron chi connectivity index (χ4n) is 1.35. The van der Waals surface area contributed by atoms with Gasteiger partial charge in [-0.05, 0) is 33.6 Å². The Morgan fingerprint density at radius 3 is 2.17 bits per heavy atom. The highest BCUT2D eigenvalue weighted by Gasteiger charge is 2.25. The van der Waals surface area contributed by atoms with Crippen LogP contribution in [0.25, 0.3) is 0 Å². The van der Waals surface area contributed by atoms with E-state index in [0.29, 0.717) is 6.61 Å². The molecule has 1 amide bonds. The van der Waals surface area contributed by atoms with Crippen LogP contribution in [0.5, 0.6) is 0 Å². The van der Waals surface area contributed by atoms with Crippen LogP contribution in [-0.4, -0.2) is 30.8 Å². The summed E-state index contributed by atoms with van der Waals surface area (Å²) in [6, 6.07) is 0. The van der Waals surface area contributed by atoms with E-state index in [0.717, 1.165) is 0 Å². The summed E-state index contributed by atoms with van der Waals surface area (Å²) in [6.45, 7) is 11.5. The van der Waals surface area contributed by atoms with Gasteiger partial charge in [-0.3, -0.25) is 4.79 Å². The lowest BCUT2D eigenvalue weighted by Crippen LogP contribution is -2.39. The van der Waals surface area contributed by atoms with Gasteiger partial charge in [-0.2, -0.15) is 0 Å². The number of alkyl carbamates (subject to hydrolysis) is 1.